The lowest BCUT2D eigenvalue weighted by molar-refractivity contribution is -0.134. The Bertz CT molecular complexity index is 1820. The van der Waals surface area contributed by atoms with Crippen LogP contribution in [0.4, 0.5) is 5.00 Å². The molecule has 3 aromatic heterocycles. The highest BCUT2D eigenvalue weighted by molar-refractivity contribution is 7.90. The molecule has 2 aromatic carbocycles. The molecule has 0 bridgehead atoms. The number of benzene rings is 2. The van der Waals surface area contributed by atoms with E-state index in [0.29, 0.717) is 32.2 Å². The molecule has 0 aliphatic carbocycles. The van der Waals surface area contributed by atoms with Crippen LogP contribution in [0.25, 0.3) is 43.5 Å². The third-order valence-electron chi connectivity index (χ3n) is 5.85. The Morgan fingerprint density at radius 3 is 2.54 bits per heavy atom. The lowest BCUT2D eigenvalue weighted by Crippen LogP contribution is -2.14. The fraction of sp³-hybridized carbons (Fsp3) is 0.0714. The van der Waals surface area contributed by atoms with Crippen molar-refractivity contribution in [2.45, 2.75) is 11.8 Å². The van der Waals surface area contributed by atoms with Crippen molar-refractivity contribution in [3.8, 4) is 21.7 Å². The van der Waals surface area contributed by atoms with E-state index in [1.165, 1.54) is 39.8 Å². The normalized spacial score (nSPS) is 11.7. The number of carbonyl (C=O) groups excluding carboxylic acids is 1. The first-order chi connectivity index (χ1) is 17.8. The summed E-state index contributed by atoms with van der Waals surface area (Å²) in [7, 11) is -2.71. The van der Waals surface area contributed by atoms with Crippen LogP contribution in [0.5, 0.6) is 0 Å². The van der Waals surface area contributed by atoms with Gasteiger partial charge in [0.15, 0.2) is 0 Å². The lowest BCUT2D eigenvalue weighted by atomic mass is 10.0. The van der Waals surface area contributed by atoms with Gasteiger partial charge in [-0.3, -0.25) is 0 Å². The van der Waals surface area contributed by atoms with Gasteiger partial charge in [0.05, 0.1) is 34.7 Å². The van der Waals surface area contributed by atoms with Gasteiger partial charge in [0.2, 0.25) is 5.00 Å². The fourth-order valence-corrected chi connectivity index (χ4v) is 7.37. The molecule has 0 aliphatic heterocycles. The van der Waals surface area contributed by atoms with Crippen molar-refractivity contribution < 1.29 is 17.9 Å². The third-order valence-corrected chi connectivity index (χ3v) is 9.44. The second-order valence-electron chi connectivity index (χ2n) is 8.13. The van der Waals surface area contributed by atoms with E-state index < -0.39 is 16.0 Å². The SMILES string of the molecule is [C-]#[N+]c1sccc1-c1c(-c2ccc(/C=C/C(=O)OC)s2)n(S(=O)(=O)c2ccc(C)cc2)c2ccccc12. The van der Waals surface area contributed by atoms with Crippen molar-refractivity contribution in [2.24, 2.45) is 0 Å². The summed E-state index contributed by atoms with van der Waals surface area (Å²) < 4.78 is 34.4. The first-order valence-corrected chi connectivity index (χ1v) is 14.3. The summed E-state index contributed by atoms with van der Waals surface area (Å²) in [5.74, 6) is -0.480. The largest absolute Gasteiger partial charge is 0.466 e. The summed E-state index contributed by atoms with van der Waals surface area (Å²) in [4.78, 5) is 16.9. The molecule has 0 amide bonds. The zero-order chi connectivity index (χ0) is 26.2. The summed E-state index contributed by atoms with van der Waals surface area (Å²) in [6, 6.07) is 19.6. The Hall–Kier alpha value is -3.97. The number of hydrogen-bond donors (Lipinski definition) is 0. The standard InChI is InChI=1S/C28H20N2O4S3/c1-18-8-12-20(13-9-18)37(32,33)30-23-7-5-4-6-21(23)26(22-16-17-35-28(22)29-2)27(30)24-14-10-19(36-24)11-15-25(31)34-3/h4-17H,1,3H3/b15-11+. The van der Waals surface area contributed by atoms with Gasteiger partial charge in [-0.15, -0.1) is 11.3 Å². The Kier molecular flexibility index (Phi) is 6.56. The highest BCUT2D eigenvalue weighted by atomic mass is 32.2. The van der Waals surface area contributed by atoms with E-state index in [1.807, 2.05) is 42.6 Å². The van der Waals surface area contributed by atoms with Gasteiger partial charge in [-0.25, -0.2) is 22.0 Å². The summed E-state index contributed by atoms with van der Waals surface area (Å²) >= 11 is 2.67. The van der Waals surface area contributed by atoms with Crippen LogP contribution in [-0.4, -0.2) is 25.5 Å². The maximum atomic E-state index is 14.2. The number of nitrogens with zero attached hydrogens (tertiary/aromatic N) is 2. The minimum Gasteiger partial charge on any atom is -0.466 e. The summed E-state index contributed by atoms with van der Waals surface area (Å²) in [6.45, 7) is 9.60. The average molecular weight is 545 g/mol. The van der Waals surface area contributed by atoms with Gasteiger partial charge in [-0.05, 0) is 48.7 Å². The maximum absolute atomic E-state index is 14.2. The topological polar surface area (TPSA) is 69.7 Å². The van der Waals surface area contributed by atoms with Crippen molar-refractivity contribution in [3.63, 3.8) is 0 Å². The van der Waals surface area contributed by atoms with Crippen molar-refractivity contribution in [3.05, 3.63) is 100 Å². The smallest absolute Gasteiger partial charge is 0.330 e. The summed E-state index contributed by atoms with van der Waals surface area (Å²) in [5, 5.41) is 3.06. The van der Waals surface area contributed by atoms with Gasteiger partial charge in [0.25, 0.3) is 10.0 Å². The van der Waals surface area contributed by atoms with Crippen molar-refractivity contribution >= 4 is 60.6 Å². The van der Waals surface area contributed by atoms with E-state index in [-0.39, 0.29) is 4.90 Å². The van der Waals surface area contributed by atoms with Gasteiger partial charge in [0.1, 0.15) is 0 Å². The number of para-hydroxylation sites is 1. The molecule has 3 heterocycles. The summed E-state index contributed by atoms with van der Waals surface area (Å²) in [5.41, 5.74) is 3.33. The lowest BCUT2D eigenvalue weighted by Gasteiger charge is -2.13. The molecular weight excluding hydrogens is 525 g/mol. The number of thiophene rings is 2. The Morgan fingerprint density at radius 1 is 1.05 bits per heavy atom. The van der Waals surface area contributed by atoms with Gasteiger partial charge in [0, 0.05) is 27.5 Å². The highest BCUT2D eigenvalue weighted by Crippen LogP contribution is 2.48. The molecule has 0 spiro atoms. The molecule has 0 aliphatic rings. The number of ether oxygens (including phenoxy) is 1. The molecule has 9 heteroatoms. The van der Waals surface area contributed by atoms with Crippen molar-refractivity contribution in [1.82, 2.24) is 3.97 Å². The second-order valence-corrected chi connectivity index (χ2v) is 11.9. The maximum Gasteiger partial charge on any atom is 0.330 e. The Morgan fingerprint density at radius 2 is 1.81 bits per heavy atom. The van der Waals surface area contributed by atoms with Crippen LogP contribution in [0.15, 0.2) is 83.1 Å². The number of hydrogen-bond acceptors (Lipinski definition) is 6. The number of fused-ring (bicyclic) bond motifs is 1. The molecule has 6 nitrogen and oxygen atoms in total. The van der Waals surface area contributed by atoms with E-state index in [2.05, 4.69) is 9.58 Å². The van der Waals surface area contributed by atoms with E-state index >= 15 is 0 Å². The first kappa shape index (κ1) is 24.7. The zero-order valence-electron chi connectivity index (χ0n) is 19.8. The molecule has 0 N–H and O–H groups in total. The third kappa shape index (κ3) is 4.40. The predicted octanol–water partition coefficient (Wildman–Crippen LogP) is 7.38. The van der Waals surface area contributed by atoms with Crippen LogP contribution in [0.2, 0.25) is 0 Å². The number of methoxy groups -OCH3 is 1. The fourth-order valence-electron chi connectivity index (χ4n) is 4.14. The molecular formula is C28H20N2O4S3. The Labute approximate surface area is 222 Å². The van der Waals surface area contributed by atoms with E-state index in [1.54, 1.807) is 42.5 Å². The minimum atomic E-state index is -4.01. The highest BCUT2D eigenvalue weighted by Gasteiger charge is 2.30. The zero-order valence-corrected chi connectivity index (χ0v) is 22.3. The average Bonchev–Trinajstić information content (AvgIpc) is 3.63. The molecule has 37 heavy (non-hydrogen) atoms. The van der Waals surface area contributed by atoms with Gasteiger partial charge >= 0.3 is 5.97 Å². The van der Waals surface area contributed by atoms with Crippen LogP contribution in [0, 0.1) is 13.5 Å². The molecule has 5 rings (SSSR count). The molecule has 0 fully saturated rings. The van der Waals surface area contributed by atoms with Crippen molar-refractivity contribution in [1.29, 1.82) is 0 Å². The first-order valence-electron chi connectivity index (χ1n) is 11.1. The van der Waals surface area contributed by atoms with Crippen molar-refractivity contribution in [2.75, 3.05) is 7.11 Å². The van der Waals surface area contributed by atoms with Crippen LogP contribution in [-0.2, 0) is 19.6 Å². The Balaban J connectivity index is 1.86. The van der Waals surface area contributed by atoms with E-state index in [4.69, 9.17) is 6.57 Å². The molecule has 0 saturated carbocycles. The summed E-state index contributed by atoms with van der Waals surface area (Å²) in [6.07, 6.45) is 2.96. The number of aromatic nitrogens is 1. The van der Waals surface area contributed by atoms with Crippen LogP contribution < -0.4 is 0 Å². The van der Waals surface area contributed by atoms with Crippen LogP contribution in [0.3, 0.4) is 0 Å². The second kappa shape index (κ2) is 9.82. The van der Waals surface area contributed by atoms with Gasteiger partial charge in [-0.2, -0.15) is 11.3 Å². The minimum absolute atomic E-state index is 0.171. The van der Waals surface area contributed by atoms with Crippen LogP contribution in [0.1, 0.15) is 10.4 Å². The molecule has 0 radical (unpaired) electrons. The number of carbonyl (C=O) groups is 1. The number of esters is 1. The quantitative estimate of drug-likeness (QED) is 0.127. The molecule has 0 unspecified atom stereocenters. The van der Waals surface area contributed by atoms with E-state index in [0.717, 1.165) is 15.8 Å². The van der Waals surface area contributed by atoms with Gasteiger partial charge < -0.3 is 4.74 Å². The predicted molar refractivity (Wildman–Crippen MR) is 150 cm³/mol. The van der Waals surface area contributed by atoms with Crippen LogP contribution >= 0.6 is 22.7 Å². The molecule has 184 valence electrons. The molecule has 0 saturated heterocycles. The number of aryl methyl sites for hydroxylation is 1. The monoisotopic (exact) mass is 544 g/mol. The van der Waals surface area contributed by atoms with E-state index in [9.17, 15) is 13.2 Å². The molecule has 5 aromatic rings. The van der Waals surface area contributed by atoms with Gasteiger partial charge in [-0.1, -0.05) is 42.0 Å². The number of rotatable bonds is 6. The molecule has 0 atom stereocenters.